The second-order valence-electron chi connectivity index (χ2n) is 7.58. The Bertz CT molecular complexity index is 950. The Labute approximate surface area is 186 Å². The molecule has 0 saturated carbocycles. The van der Waals surface area contributed by atoms with Crippen LogP contribution in [-0.2, 0) is 13.5 Å². The van der Waals surface area contributed by atoms with Gasteiger partial charge in [0.05, 0.1) is 6.20 Å². The number of aromatic nitrogens is 4. The highest BCUT2D eigenvalue weighted by Crippen LogP contribution is 2.21. The number of likely N-dealkylation sites (tertiary alicyclic amines) is 1. The van der Waals surface area contributed by atoms with E-state index in [-0.39, 0.29) is 6.09 Å². The molecule has 1 aromatic carbocycles. The number of piperidine rings is 1. The molecule has 1 aliphatic heterocycles. The van der Waals surface area contributed by atoms with Crippen LogP contribution in [0.3, 0.4) is 0 Å². The Kier molecular flexibility index (Phi) is 7.14. The van der Waals surface area contributed by atoms with Crippen LogP contribution >= 0.6 is 11.8 Å². The zero-order chi connectivity index (χ0) is 21.5. The molecule has 8 nitrogen and oxygen atoms in total. The summed E-state index contributed by atoms with van der Waals surface area (Å²) in [6.45, 7) is 1.98. The van der Waals surface area contributed by atoms with Crippen LogP contribution in [0, 0.1) is 5.92 Å². The maximum atomic E-state index is 12.5. The van der Waals surface area contributed by atoms with Crippen LogP contribution in [0.25, 0.3) is 0 Å². The summed E-state index contributed by atoms with van der Waals surface area (Å²) in [6.07, 6.45) is 11.3. The van der Waals surface area contributed by atoms with Crippen molar-refractivity contribution in [2.24, 2.45) is 13.0 Å². The molecule has 0 radical (unpaired) electrons. The zero-order valence-electron chi connectivity index (χ0n) is 17.6. The van der Waals surface area contributed by atoms with Gasteiger partial charge in [-0.05, 0) is 42.9 Å². The molecule has 0 aliphatic carbocycles. The Morgan fingerprint density at radius 2 is 1.97 bits per heavy atom. The third kappa shape index (κ3) is 6.04. The standard InChI is InChI=1S/C22H27N5O3S/c1-25-13-10-24-21(25)31-15-8-18-2-4-20(5-3-18)30-22(28)26-11-6-19(7-12-26)16-29-27-14-9-23-17-27/h2-5,9-10,13-14,17,19H,6-8,11-12,15-16H2,1H3. The third-order valence-corrected chi connectivity index (χ3v) is 6.40. The van der Waals surface area contributed by atoms with Gasteiger partial charge in [-0.3, -0.25) is 0 Å². The maximum Gasteiger partial charge on any atom is 0.415 e. The van der Waals surface area contributed by atoms with Crippen molar-refractivity contribution in [2.75, 3.05) is 25.4 Å². The maximum absolute atomic E-state index is 12.5. The average molecular weight is 442 g/mol. The smallest absolute Gasteiger partial charge is 0.413 e. The lowest BCUT2D eigenvalue weighted by molar-refractivity contribution is 0.0541. The summed E-state index contributed by atoms with van der Waals surface area (Å²) in [5, 5.41) is 1.02. The number of hydrogen-bond acceptors (Lipinski definition) is 6. The van der Waals surface area contributed by atoms with E-state index in [2.05, 4.69) is 9.97 Å². The number of rotatable bonds is 8. The molecule has 2 aromatic heterocycles. The Balaban J connectivity index is 1.17. The molecule has 164 valence electrons. The van der Waals surface area contributed by atoms with E-state index in [4.69, 9.17) is 9.57 Å². The van der Waals surface area contributed by atoms with Crippen molar-refractivity contribution in [3.05, 3.63) is 60.9 Å². The van der Waals surface area contributed by atoms with Crippen molar-refractivity contribution in [2.45, 2.75) is 24.4 Å². The SMILES string of the molecule is Cn1ccnc1SCCc1ccc(OC(=O)N2CCC(COn3ccnc3)CC2)cc1. The first-order chi connectivity index (χ1) is 15.2. The summed E-state index contributed by atoms with van der Waals surface area (Å²) in [6, 6.07) is 7.76. The number of nitrogens with zero attached hydrogens (tertiary/aromatic N) is 5. The largest absolute Gasteiger partial charge is 0.415 e. The number of carbonyl (C=O) groups excluding carboxylic acids is 1. The fraction of sp³-hybridized carbons (Fsp3) is 0.409. The zero-order valence-corrected chi connectivity index (χ0v) is 18.4. The molecule has 3 aromatic rings. The molecule has 31 heavy (non-hydrogen) atoms. The summed E-state index contributed by atoms with van der Waals surface area (Å²) >= 11 is 1.73. The van der Waals surface area contributed by atoms with Crippen LogP contribution in [-0.4, -0.2) is 55.7 Å². The first-order valence-corrected chi connectivity index (χ1v) is 11.4. The van der Waals surface area contributed by atoms with E-state index >= 15 is 0 Å². The van der Waals surface area contributed by atoms with Gasteiger partial charge < -0.3 is 19.0 Å². The highest BCUT2D eigenvalue weighted by Gasteiger charge is 2.24. The van der Waals surface area contributed by atoms with Crippen molar-refractivity contribution in [3.8, 4) is 5.75 Å². The van der Waals surface area contributed by atoms with Gasteiger partial charge in [0.1, 0.15) is 18.7 Å². The van der Waals surface area contributed by atoms with E-state index in [1.165, 1.54) is 5.56 Å². The summed E-state index contributed by atoms with van der Waals surface area (Å²) in [5.41, 5.74) is 1.21. The first kappa shape index (κ1) is 21.3. The van der Waals surface area contributed by atoms with Gasteiger partial charge in [-0.1, -0.05) is 23.9 Å². The summed E-state index contributed by atoms with van der Waals surface area (Å²) < 4.78 is 9.20. The molecule has 4 rings (SSSR count). The summed E-state index contributed by atoms with van der Waals surface area (Å²) in [7, 11) is 2.00. The van der Waals surface area contributed by atoms with Gasteiger partial charge >= 0.3 is 6.09 Å². The minimum Gasteiger partial charge on any atom is -0.413 e. The van der Waals surface area contributed by atoms with E-state index in [1.807, 2.05) is 48.3 Å². The Morgan fingerprint density at radius 1 is 1.16 bits per heavy atom. The number of imidazole rings is 2. The predicted octanol–water partition coefficient (Wildman–Crippen LogP) is 3.29. The normalized spacial score (nSPS) is 14.5. The van der Waals surface area contributed by atoms with Gasteiger partial charge in [0.25, 0.3) is 0 Å². The van der Waals surface area contributed by atoms with E-state index in [0.29, 0.717) is 31.4 Å². The molecule has 1 saturated heterocycles. The Hall–Kier alpha value is -2.94. The van der Waals surface area contributed by atoms with Crippen LogP contribution in [0.1, 0.15) is 18.4 Å². The number of benzene rings is 1. The molecule has 0 bridgehead atoms. The molecule has 0 atom stereocenters. The minimum atomic E-state index is -0.285. The van der Waals surface area contributed by atoms with Gasteiger partial charge in [0, 0.05) is 44.5 Å². The van der Waals surface area contributed by atoms with Gasteiger partial charge in [-0.2, -0.15) is 4.73 Å². The lowest BCUT2D eigenvalue weighted by atomic mass is 9.98. The first-order valence-electron chi connectivity index (χ1n) is 10.4. The van der Waals surface area contributed by atoms with Crippen LogP contribution in [0.5, 0.6) is 5.75 Å². The highest BCUT2D eigenvalue weighted by atomic mass is 32.2. The quantitative estimate of drug-likeness (QED) is 0.500. The van der Waals surface area contributed by atoms with Gasteiger partial charge in [0.15, 0.2) is 5.16 Å². The molecular weight excluding hydrogens is 414 g/mol. The summed E-state index contributed by atoms with van der Waals surface area (Å²) in [5.74, 6) is 1.95. The number of hydrogen-bond donors (Lipinski definition) is 0. The molecule has 1 fully saturated rings. The topological polar surface area (TPSA) is 74.4 Å². The number of thioether (sulfide) groups is 1. The number of ether oxygens (including phenoxy) is 1. The second-order valence-corrected chi connectivity index (χ2v) is 8.64. The molecule has 0 unspecified atom stereocenters. The number of amides is 1. The lowest BCUT2D eigenvalue weighted by Crippen LogP contribution is -2.41. The second kappa shape index (κ2) is 10.4. The lowest BCUT2D eigenvalue weighted by Gasteiger charge is -2.30. The highest BCUT2D eigenvalue weighted by molar-refractivity contribution is 7.99. The van der Waals surface area contributed by atoms with E-state index < -0.39 is 0 Å². The molecule has 1 amide bonds. The fourth-order valence-electron chi connectivity index (χ4n) is 3.44. The monoisotopic (exact) mass is 441 g/mol. The van der Waals surface area contributed by atoms with Crippen LogP contribution in [0.15, 0.2) is 60.5 Å². The molecular formula is C22H27N5O3S. The van der Waals surface area contributed by atoms with E-state index in [9.17, 15) is 4.79 Å². The van der Waals surface area contributed by atoms with Crippen molar-refractivity contribution >= 4 is 17.9 Å². The molecule has 9 heteroatoms. The van der Waals surface area contributed by atoms with Crippen LogP contribution in [0.2, 0.25) is 0 Å². The summed E-state index contributed by atoms with van der Waals surface area (Å²) in [4.78, 5) is 28.2. The van der Waals surface area contributed by atoms with Crippen molar-refractivity contribution in [1.29, 1.82) is 0 Å². The van der Waals surface area contributed by atoms with Crippen molar-refractivity contribution in [3.63, 3.8) is 0 Å². The van der Waals surface area contributed by atoms with Crippen molar-refractivity contribution in [1.82, 2.24) is 24.2 Å². The van der Waals surface area contributed by atoms with Crippen LogP contribution < -0.4 is 9.57 Å². The average Bonchev–Trinajstić information content (AvgIpc) is 3.46. The van der Waals surface area contributed by atoms with Crippen molar-refractivity contribution < 1.29 is 14.4 Å². The number of carbonyl (C=O) groups is 1. The fourth-order valence-corrected chi connectivity index (χ4v) is 4.36. The van der Waals surface area contributed by atoms with Gasteiger partial charge in [0.2, 0.25) is 0 Å². The predicted molar refractivity (Wildman–Crippen MR) is 118 cm³/mol. The van der Waals surface area contributed by atoms with E-state index in [1.54, 1.807) is 40.1 Å². The number of aryl methyl sites for hydroxylation is 2. The van der Waals surface area contributed by atoms with Crippen LogP contribution in [0.4, 0.5) is 4.79 Å². The molecule has 3 heterocycles. The molecule has 0 spiro atoms. The Morgan fingerprint density at radius 3 is 2.65 bits per heavy atom. The minimum absolute atomic E-state index is 0.285. The third-order valence-electron chi connectivity index (χ3n) is 5.34. The molecule has 0 N–H and O–H groups in total. The van der Waals surface area contributed by atoms with E-state index in [0.717, 1.165) is 30.2 Å². The van der Waals surface area contributed by atoms with Gasteiger partial charge in [-0.15, -0.1) is 0 Å². The van der Waals surface area contributed by atoms with Gasteiger partial charge in [-0.25, -0.2) is 14.8 Å². The molecule has 1 aliphatic rings.